The summed E-state index contributed by atoms with van der Waals surface area (Å²) in [5.74, 6) is 0. The fraction of sp³-hybridized carbons (Fsp3) is 0. The third-order valence-corrected chi connectivity index (χ3v) is 12.1. The first kappa shape index (κ1) is 31.6. The molecule has 1 aliphatic rings. The van der Waals surface area contributed by atoms with Crippen LogP contribution in [0.2, 0.25) is 0 Å². The predicted molar refractivity (Wildman–Crippen MR) is 236 cm³/mol. The highest BCUT2D eigenvalue weighted by molar-refractivity contribution is 7.25. The predicted octanol–water partition coefficient (Wildman–Crippen LogP) is 15.5. The van der Waals surface area contributed by atoms with E-state index in [1.165, 1.54) is 75.7 Å². The topological polar surface area (TPSA) is 6.48 Å². The molecule has 0 bridgehead atoms. The molecule has 11 rings (SSSR count). The Kier molecular flexibility index (Phi) is 7.39. The Morgan fingerprint density at radius 2 is 0.964 bits per heavy atom. The molecule has 0 unspecified atom stereocenters. The van der Waals surface area contributed by atoms with Crippen molar-refractivity contribution in [3.63, 3.8) is 0 Å². The molecule has 2 nitrogen and oxygen atoms in total. The van der Waals surface area contributed by atoms with E-state index >= 15 is 0 Å². The molecular weight excluding hydrogens is 685 g/mol. The van der Waals surface area contributed by atoms with Gasteiger partial charge >= 0.3 is 0 Å². The molecule has 0 radical (unpaired) electrons. The number of rotatable bonds is 6. The summed E-state index contributed by atoms with van der Waals surface area (Å²) in [4.78, 5) is 4.81. The highest BCUT2D eigenvalue weighted by Gasteiger charge is 2.26. The van der Waals surface area contributed by atoms with Gasteiger partial charge in [-0.1, -0.05) is 133 Å². The molecule has 10 aromatic rings. The van der Waals surface area contributed by atoms with Gasteiger partial charge in [0.05, 0.1) is 11.4 Å². The second kappa shape index (κ2) is 12.9. The average molecular weight is 719 g/mol. The molecular formula is C52H34N2S. The summed E-state index contributed by atoms with van der Waals surface area (Å²) in [7, 11) is 0. The molecule has 55 heavy (non-hydrogen) atoms. The summed E-state index contributed by atoms with van der Waals surface area (Å²) in [6, 6.07) is 75.2. The van der Waals surface area contributed by atoms with Crippen LogP contribution in [0.3, 0.4) is 0 Å². The van der Waals surface area contributed by atoms with Crippen LogP contribution in [0, 0.1) is 0 Å². The molecule has 1 aliphatic heterocycles. The van der Waals surface area contributed by atoms with E-state index in [0.717, 1.165) is 22.7 Å². The van der Waals surface area contributed by atoms with E-state index in [2.05, 4.69) is 216 Å². The summed E-state index contributed by atoms with van der Waals surface area (Å²) in [6.07, 6.45) is 0. The fourth-order valence-electron chi connectivity index (χ4n) is 8.38. The zero-order valence-electron chi connectivity index (χ0n) is 29.9. The van der Waals surface area contributed by atoms with Gasteiger partial charge in [0.2, 0.25) is 0 Å². The van der Waals surface area contributed by atoms with E-state index in [1.807, 2.05) is 11.3 Å². The standard InChI is InChI=1S/C52H34N2S/c1-3-11-35(12-4-1)36-21-26-41(27-22-36)53(43-30-32-51-47(34-43)45-17-7-8-20-50(45)55-51)42-28-23-37(24-29-42)39-25-31-44-46-18-9-13-38-14-10-19-48(52(38)46)54(49(44)33-39)40-15-5-2-6-16-40/h1-34H. The summed E-state index contributed by atoms with van der Waals surface area (Å²) >= 11 is 1.85. The second-order valence-corrected chi connectivity index (χ2v) is 15.2. The maximum Gasteiger partial charge on any atom is 0.0546 e. The summed E-state index contributed by atoms with van der Waals surface area (Å²) in [6.45, 7) is 0. The number of nitrogens with zero attached hydrogens (tertiary/aromatic N) is 2. The van der Waals surface area contributed by atoms with E-state index in [1.54, 1.807) is 0 Å². The number of para-hydroxylation sites is 1. The van der Waals surface area contributed by atoms with E-state index in [9.17, 15) is 0 Å². The van der Waals surface area contributed by atoms with Crippen LogP contribution in [0.15, 0.2) is 206 Å². The van der Waals surface area contributed by atoms with Gasteiger partial charge in [-0.25, -0.2) is 0 Å². The Balaban J connectivity index is 1.02. The number of thiophene rings is 1. The van der Waals surface area contributed by atoms with Crippen molar-refractivity contribution in [2.75, 3.05) is 9.80 Å². The van der Waals surface area contributed by atoms with Gasteiger partial charge < -0.3 is 9.80 Å². The van der Waals surface area contributed by atoms with Crippen LogP contribution in [-0.4, -0.2) is 0 Å². The molecule has 258 valence electrons. The molecule has 0 fully saturated rings. The van der Waals surface area contributed by atoms with Crippen molar-refractivity contribution in [3.05, 3.63) is 206 Å². The highest BCUT2D eigenvalue weighted by atomic mass is 32.1. The van der Waals surface area contributed by atoms with Crippen molar-refractivity contribution in [1.29, 1.82) is 0 Å². The summed E-state index contributed by atoms with van der Waals surface area (Å²) in [5, 5.41) is 5.14. The average Bonchev–Trinajstić information content (AvgIpc) is 3.63. The largest absolute Gasteiger partial charge is 0.310 e. The first-order chi connectivity index (χ1) is 27.3. The Morgan fingerprint density at radius 3 is 1.73 bits per heavy atom. The Morgan fingerprint density at radius 1 is 0.364 bits per heavy atom. The van der Waals surface area contributed by atoms with Crippen LogP contribution in [0.4, 0.5) is 34.1 Å². The van der Waals surface area contributed by atoms with Crippen molar-refractivity contribution in [2.24, 2.45) is 0 Å². The van der Waals surface area contributed by atoms with Crippen molar-refractivity contribution in [2.45, 2.75) is 0 Å². The lowest BCUT2D eigenvalue weighted by molar-refractivity contribution is 1.28. The van der Waals surface area contributed by atoms with E-state index in [-0.39, 0.29) is 0 Å². The lowest BCUT2D eigenvalue weighted by Gasteiger charge is -2.34. The molecule has 2 heterocycles. The van der Waals surface area contributed by atoms with Gasteiger partial charge in [-0.2, -0.15) is 0 Å². The first-order valence-corrected chi connectivity index (χ1v) is 19.6. The zero-order chi connectivity index (χ0) is 36.3. The zero-order valence-corrected chi connectivity index (χ0v) is 30.7. The van der Waals surface area contributed by atoms with Crippen LogP contribution < -0.4 is 9.80 Å². The van der Waals surface area contributed by atoms with Gasteiger partial charge in [0.25, 0.3) is 0 Å². The van der Waals surface area contributed by atoms with Gasteiger partial charge in [0, 0.05) is 53.9 Å². The molecule has 3 heteroatoms. The number of hydrogen-bond donors (Lipinski definition) is 0. The molecule has 0 saturated carbocycles. The van der Waals surface area contributed by atoms with E-state index in [0.29, 0.717) is 0 Å². The molecule has 0 aliphatic carbocycles. The van der Waals surface area contributed by atoms with E-state index < -0.39 is 0 Å². The first-order valence-electron chi connectivity index (χ1n) is 18.8. The van der Waals surface area contributed by atoms with Crippen LogP contribution in [-0.2, 0) is 0 Å². The smallest absolute Gasteiger partial charge is 0.0546 e. The minimum atomic E-state index is 1.11. The lowest BCUT2D eigenvalue weighted by atomic mass is 9.89. The fourth-order valence-corrected chi connectivity index (χ4v) is 9.46. The van der Waals surface area contributed by atoms with Crippen LogP contribution >= 0.6 is 11.3 Å². The molecule has 0 amide bonds. The number of fused-ring (bicyclic) bond motifs is 5. The molecule has 0 N–H and O–H groups in total. The number of benzene rings is 9. The van der Waals surface area contributed by atoms with Crippen LogP contribution in [0.5, 0.6) is 0 Å². The van der Waals surface area contributed by atoms with Crippen molar-refractivity contribution >= 4 is 76.4 Å². The lowest BCUT2D eigenvalue weighted by Crippen LogP contribution is -2.15. The van der Waals surface area contributed by atoms with Crippen LogP contribution in [0.25, 0.3) is 64.3 Å². The minimum Gasteiger partial charge on any atom is -0.310 e. The minimum absolute atomic E-state index is 1.11. The maximum atomic E-state index is 2.42. The van der Waals surface area contributed by atoms with Gasteiger partial charge in [-0.15, -0.1) is 11.3 Å². The SMILES string of the molecule is c1ccc(-c2ccc(N(c3ccc(-c4ccc5c(c4)N(c4ccccc4)c4cccc6cccc-5c46)cc3)c3ccc4sc5ccccc5c4c3)cc2)cc1. The normalized spacial score (nSPS) is 12.0. The number of anilines is 6. The molecule has 0 spiro atoms. The molecule has 9 aromatic carbocycles. The Bertz CT molecular complexity index is 3020. The van der Waals surface area contributed by atoms with Crippen LogP contribution in [0.1, 0.15) is 0 Å². The van der Waals surface area contributed by atoms with Crippen molar-refractivity contribution in [1.82, 2.24) is 0 Å². The van der Waals surface area contributed by atoms with Gasteiger partial charge in [-0.3, -0.25) is 0 Å². The van der Waals surface area contributed by atoms with E-state index in [4.69, 9.17) is 0 Å². The summed E-state index contributed by atoms with van der Waals surface area (Å²) < 4.78 is 2.62. The summed E-state index contributed by atoms with van der Waals surface area (Å²) in [5.41, 5.74) is 14.2. The number of hydrogen-bond acceptors (Lipinski definition) is 3. The van der Waals surface area contributed by atoms with Gasteiger partial charge in [-0.05, 0) is 106 Å². The molecule has 0 saturated heterocycles. The molecule has 0 atom stereocenters. The van der Waals surface area contributed by atoms with Crippen molar-refractivity contribution in [3.8, 4) is 33.4 Å². The Labute approximate surface area is 324 Å². The molecule has 1 aromatic heterocycles. The monoisotopic (exact) mass is 718 g/mol. The maximum absolute atomic E-state index is 2.42. The van der Waals surface area contributed by atoms with Gasteiger partial charge in [0.1, 0.15) is 0 Å². The van der Waals surface area contributed by atoms with Gasteiger partial charge in [0.15, 0.2) is 0 Å². The third kappa shape index (κ3) is 5.32. The van der Waals surface area contributed by atoms with Crippen molar-refractivity contribution < 1.29 is 0 Å². The Hall–Kier alpha value is -6.94. The quantitative estimate of drug-likeness (QED) is 0.169. The second-order valence-electron chi connectivity index (χ2n) is 14.2. The highest BCUT2D eigenvalue weighted by Crippen LogP contribution is 2.52. The third-order valence-electron chi connectivity index (χ3n) is 11.0.